The molecule has 2 aromatic rings. The van der Waals surface area contributed by atoms with Crippen LogP contribution in [0.1, 0.15) is 17.8 Å². The zero-order chi connectivity index (χ0) is 13.3. The number of nitrogens with one attached hydrogen (secondary N) is 1. The Bertz CT molecular complexity index is 547. The third-order valence-electron chi connectivity index (χ3n) is 2.39. The van der Waals surface area contributed by atoms with E-state index in [0.29, 0.717) is 10.0 Å². The zero-order valence-electron chi connectivity index (χ0n) is 9.31. The number of thiophene rings is 1. The molecule has 18 heavy (non-hydrogen) atoms. The molecule has 2 rings (SSSR count). The van der Waals surface area contributed by atoms with E-state index in [4.69, 9.17) is 34.8 Å². The van der Waals surface area contributed by atoms with E-state index < -0.39 is 0 Å². The van der Waals surface area contributed by atoms with Crippen LogP contribution >= 0.6 is 62.1 Å². The molecule has 1 unspecified atom stereocenters. The Kier molecular flexibility index (Phi) is 4.84. The Hall–Kier alpha value is 0.0700. The fourth-order valence-corrected chi connectivity index (χ4v) is 3.91. The molecule has 1 aromatic heterocycles. The molecular formula is C12H9BrCl3NS. The van der Waals surface area contributed by atoms with Crippen molar-refractivity contribution in [3.8, 4) is 0 Å². The number of anilines is 1. The first-order valence-corrected chi connectivity index (χ1v) is 7.88. The van der Waals surface area contributed by atoms with Crippen LogP contribution in [0.4, 0.5) is 5.69 Å². The molecular weight excluding hydrogens is 376 g/mol. The first kappa shape index (κ1) is 14.5. The molecule has 0 saturated carbocycles. The monoisotopic (exact) mass is 383 g/mol. The standard InChI is InChI=1S/C12H9BrCl3NS/c1-6(10-2-3-11(16)18-10)17-12-8(14)4-7(13)5-9(12)15/h2-6,17H,1H3. The molecule has 0 amide bonds. The minimum absolute atomic E-state index is 0.0960. The molecule has 96 valence electrons. The van der Waals surface area contributed by atoms with Gasteiger partial charge in [0.15, 0.2) is 0 Å². The third kappa shape index (κ3) is 3.34. The maximum Gasteiger partial charge on any atom is 0.0932 e. The lowest BCUT2D eigenvalue weighted by Gasteiger charge is -2.16. The number of halogens is 4. The van der Waals surface area contributed by atoms with Crippen molar-refractivity contribution in [3.63, 3.8) is 0 Å². The van der Waals surface area contributed by atoms with Crippen molar-refractivity contribution >= 4 is 67.8 Å². The van der Waals surface area contributed by atoms with Gasteiger partial charge in [0.1, 0.15) is 0 Å². The van der Waals surface area contributed by atoms with Crippen LogP contribution in [0, 0.1) is 0 Å². The highest BCUT2D eigenvalue weighted by molar-refractivity contribution is 9.10. The highest BCUT2D eigenvalue weighted by Gasteiger charge is 2.13. The van der Waals surface area contributed by atoms with Gasteiger partial charge < -0.3 is 5.32 Å². The van der Waals surface area contributed by atoms with Crippen LogP contribution in [0.2, 0.25) is 14.4 Å². The average molecular weight is 386 g/mol. The summed E-state index contributed by atoms with van der Waals surface area (Å²) in [4.78, 5) is 1.13. The Labute approximate surface area is 133 Å². The second-order valence-corrected chi connectivity index (χ2v) is 7.23. The number of benzene rings is 1. The Morgan fingerprint density at radius 3 is 2.28 bits per heavy atom. The first-order chi connectivity index (χ1) is 8.47. The van der Waals surface area contributed by atoms with Gasteiger partial charge >= 0.3 is 0 Å². The first-order valence-electron chi connectivity index (χ1n) is 5.13. The van der Waals surface area contributed by atoms with E-state index in [1.807, 2.05) is 31.2 Å². The van der Waals surface area contributed by atoms with E-state index in [2.05, 4.69) is 21.2 Å². The maximum absolute atomic E-state index is 6.17. The number of hydrogen-bond donors (Lipinski definition) is 1. The average Bonchev–Trinajstić information content (AvgIpc) is 2.70. The van der Waals surface area contributed by atoms with E-state index in [-0.39, 0.29) is 6.04 Å². The Balaban J connectivity index is 2.24. The quantitative estimate of drug-likeness (QED) is 0.624. The molecule has 0 aliphatic rings. The van der Waals surface area contributed by atoms with E-state index >= 15 is 0 Å². The minimum atomic E-state index is 0.0960. The molecule has 1 heterocycles. The summed E-state index contributed by atoms with van der Waals surface area (Å²) in [6.45, 7) is 2.04. The fourth-order valence-electron chi connectivity index (χ4n) is 1.53. The van der Waals surface area contributed by atoms with Crippen molar-refractivity contribution < 1.29 is 0 Å². The van der Waals surface area contributed by atoms with Crippen LogP contribution in [-0.2, 0) is 0 Å². The van der Waals surface area contributed by atoms with E-state index in [1.54, 1.807) is 0 Å². The summed E-state index contributed by atoms with van der Waals surface area (Å²) in [5.41, 5.74) is 0.735. The van der Waals surface area contributed by atoms with Gasteiger partial charge in [0.2, 0.25) is 0 Å². The normalized spacial score (nSPS) is 12.5. The van der Waals surface area contributed by atoms with Crippen LogP contribution in [0.15, 0.2) is 28.7 Å². The predicted molar refractivity (Wildman–Crippen MR) is 85.5 cm³/mol. The van der Waals surface area contributed by atoms with Crippen molar-refractivity contribution in [2.45, 2.75) is 13.0 Å². The van der Waals surface area contributed by atoms with Crippen molar-refractivity contribution in [2.24, 2.45) is 0 Å². The topological polar surface area (TPSA) is 12.0 Å². The molecule has 0 fully saturated rings. The lowest BCUT2D eigenvalue weighted by Crippen LogP contribution is -2.05. The Morgan fingerprint density at radius 1 is 1.17 bits per heavy atom. The summed E-state index contributed by atoms with van der Waals surface area (Å²) < 4.78 is 1.63. The third-order valence-corrected chi connectivity index (χ3v) is 4.86. The van der Waals surface area contributed by atoms with Crippen LogP contribution in [0.3, 0.4) is 0 Å². The molecule has 0 bridgehead atoms. The minimum Gasteiger partial charge on any atom is -0.375 e. The highest BCUT2D eigenvalue weighted by Crippen LogP contribution is 2.37. The van der Waals surface area contributed by atoms with E-state index in [1.165, 1.54) is 11.3 Å². The summed E-state index contributed by atoms with van der Waals surface area (Å²) in [5.74, 6) is 0. The van der Waals surface area contributed by atoms with Gasteiger partial charge in [-0.25, -0.2) is 0 Å². The fraction of sp³-hybridized carbons (Fsp3) is 0.167. The largest absolute Gasteiger partial charge is 0.375 e. The molecule has 0 aliphatic carbocycles. The van der Waals surface area contributed by atoms with Crippen LogP contribution in [-0.4, -0.2) is 0 Å². The van der Waals surface area contributed by atoms with Crippen molar-refractivity contribution in [1.82, 2.24) is 0 Å². The smallest absolute Gasteiger partial charge is 0.0932 e. The molecule has 1 nitrogen and oxygen atoms in total. The van der Waals surface area contributed by atoms with Crippen LogP contribution < -0.4 is 5.32 Å². The SMILES string of the molecule is CC(Nc1c(Cl)cc(Br)cc1Cl)c1ccc(Cl)s1. The second kappa shape index (κ2) is 6.02. The van der Waals surface area contributed by atoms with E-state index in [9.17, 15) is 0 Å². The van der Waals surface area contributed by atoms with Gasteiger partial charge in [0, 0.05) is 9.35 Å². The summed E-state index contributed by atoms with van der Waals surface area (Å²) in [6, 6.07) is 7.59. The van der Waals surface area contributed by atoms with Gasteiger partial charge in [-0.3, -0.25) is 0 Å². The molecule has 1 aromatic carbocycles. The lowest BCUT2D eigenvalue weighted by molar-refractivity contribution is 0.908. The molecule has 0 saturated heterocycles. The summed E-state index contributed by atoms with van der Waals surface area (Å²) >= 11 is 23.2. The second-order valence-electron chi connectivity index (χ2n) is 3.75. The summed E-state index contributed by atoms with van der Waals surface area (Å²) in [6.07, 6.45) is 0. The maximum atomic E-state index is 6.17. The molecule has 1 atom stereocenters. The molecule has 0 spiro atoms. The molecule has 0 aliphatic heterocycles. The van der Waals surface area contributed by atoms with Crippen molar-refractivity contribution in [2.75, 3.05) is 5.32 Å². The molecule has 1 N–H and O–H groups in total. The lowest BCUT2D eigenvalue weighted by atomic mass is 10.2. The summed E-state index contributed by atoms with van der Waals surface area (Å²) in [7, 11) is 0. The van der Waals surface area contributed by atoms with Crippen LogP contribution in [0.5, 0.6) is 0 Å². The van der Waals surface area contributed by atoms with E-state index in [0.717, 1.165) is 19.4 Å². The van der Waals surface area contributed by atoms with Gasteiger partial charge in [-0.2, -0.15) is 0 Å². The number of rotatable bonds is 3. The predicted octanol–water partition coefficient (Wildman–Crippen LogP) is 6.64. The van der Waals surface area contributed by atoms with Crippen molar-refractivity contribution in [3.05, 3.63) is 48.0 Å². The summed E-state index contributed by atoms with van der Waals surface area (Å²) in [5, 5.41) is 4.48. The zero-order valence-corrected chi connectivity index (χ0v) is 14.0. The van der Waals surface area contributed by atoms with Crippen molar-refractivity contribution in [1.29, 1.82) is 0 Å². The van der Waals surface area contributed by atoms with Gasteiger partial charge in [-0.1, -0.05) is 50.7 Å². The van der Waals surface area contributed by atoms with Gasteiger partial charge in [0.05, 0.1) is 26.1 Å². The Morgan fingerprint density at radius 2 is 1.78 bits per heavy atom. The van der Waals surface area contributed by atoms with Gasteiger partial charge in [-0.05, 0) is 31.2 Å². The van der Waals surface area contributed by atoms with Gasteiger partial charge in [0.25, 0.3) is 0 Å². The molecule has 6 heteroatoms. The van der Waals surface area contributed by atoms with Crippen LogP contribution in [0.25, 0.3) is 0 Å². The van der Waals surface area contributed by atoms with Gasteiger partial charge in [-0.15, -0.1) is 11.3 Å². The molecule has 0 radical (unpaired) electrons. The highest BCUT2D eigenvalue weighted by atomic mass is 79.9. The number of hydrogen-bond acceptors (Lipinski definition) is 2.